The Morgan fingerprint density at radius 2 is 1.75 bits per heavy atom. The van der Waals surface area contributed by atoms with E-state index in [-0.39, 0.29) is 18.9 Å². The number of rotatable bonds is 9. The number of ether oxygens (including phenoxy) is 1. The lowest BCUT2D eigenvalue weighted by atomic mass is 10.2. The number of sulfonamides is 1. The first-order valence-corrected chi connectivity index (χ1v) is 9.65. The number of carbonyl (C=O) groups excluding carboxylic acids is 2. The number of esters is 1. The highest BCUT2D eigenvalue weighted by atomic mass is 32.2. The van der Waals surface area contributed by atoms with Gasteiger partial charge in [0.15, 0.2) is 0 Å². The Balaban J connectivity index is 2.57. The van der Waals surface area contributed by atoms with Gasteiger partial charge in [-0.2, -0.15) is 0 Å². The summed E-state index contributed by atoms with van der Waals surface area (Å²) in [4.78, 5) is 23.5. The highest BCUT2D eigenvalue weighted by molar-refractivity contribution is 7.88. The fraction of sp³-hybridized carbons (Fsp3) is 0.500. The Hall–Kier alpha value is -1.93. The second kappa shape index (κ2) is 9.39. The molecule has 0 saturated heterocycles. The smallest absolute Gasteiger partial charge is 0.338 e. The van der Waals surface area contributed by atoms with Crippen LogP contribution in [0.15, 0.2) is 24.3 Å². The Morgan fingerprint density at radius 1 is 1.12 bits per heavy atom. The molecular formula is C16H24N2O5S. The van der Waals surface area contributed by atoms with E-state index in [2.05, 4.69) is 5.32 Å². The van der Waals surface area contributed by atoms with E-state index in [1.165, 1.54) is 4.31 Å². The van der Waals surface area contributed by atoms with Gasteiger partial charge in [0.25, 0.3) is 0 Å². The van der Waals surface area contributed by atoms with Crippen molar-refractivity contribution in [2.75, 3.05) is 31.3 Å². The molecule has 0 radical (unpaired) electrons. The highest BCUT2D eigenvalue weighted by Gasteiger charge is 2.16. The normalized spacial score (nSPS) is 11.3. The lowest BCUT2D eigenvalue weighted by molar-refractivity contribution is -0.116. The molecule has 0 unspecified atom stereocenters. The average Bonchev–Trinajstić information content (AvgIpc) is 2.51. The lowest BCUT2D eigenvalue weighted by Crippen LogP contribution is -2.33. The summed E-state index contributed by atoms with van der Waals surface area (Å²) in [6.45, 7) is 4.43. The molecule has 0 fully saturated rings. The highest BCUT2D eigenvalue weighted by Crippen LogP contribution is 2.11. The summed E-state index contributed by atoms with van der Waals surface area (Å²) in [5.41, 5.74) is 0.940. The minimum atomic E-state index is -3.31. The first-order valence-electron chi connectivity index (χ1n) is 7.80. The van der Waals surface area contributed by atoms with Crippen molar-refractivity contribution in [3.8, 4) is 0 Å². The van der Waals surface area contributed by atoms with E-state index in [9.17, 15) is 18.0 Å². The number of hydrogen-bond acceptors (Lipinski definition) is 5. The molecule has 24 heavy (non-hydrogen) atoms. The van der Waals surface area contributed by atoms with Crippen molar-refractivity contribution < 1.29 is 22.7 Å². The monoisotopic (exact) mass is 356 g/mol. The summed E-state index contributed by atoms with van der Waals surface area (Å²) in [6.07, 6.45) is 1.88. The van der Waals surface area contributed by atoms with Gasteiger partial charge in [0.05, 0.1) is 18.4 Å². The van der Waals surface area contributed by atoms with E-state index >= 15 is 0 Å². The Labute approximate surface area is 143 Å². The van der Waals surface area contributed by atoms with Gasteiger partial charge in [-0.1, -0.05) is 6.92 Å². The predicted molar refractivity (Wildman–Crippen MR) is 92.4 cm³/mol. The molecule has 1 aromatic carbocycles. The summed E-state index contributed by atoms with van der Waals surface area (Å²) in [5, 5.41) is 2.68. The SMILES string of the molecule is CCCN(CCC(=O)Nc1ccc(C(=O)OCC)cc1)S(C)(=O)=O. The Kier molecular flexibility index (Phi) is 7.87. The summed E-state index contributed by atoms with van der Waals surface area (Å²) < 4.78 is 29.4. The number of hydrogen-bond donors (Lipinski definition) is 1. The van der Waals surface area contributed by atoms with Gasteiger partial charge in [0.1, 0.15) is 0 Å². The number of benzene rings is 1. The van der Waals surface area contributed by atoms with Crippen LogP contribution in [-0.4, -0.2) is 50.6 Å². The molecule has 0 aliphatic carbocycles. The minimum Gasteiger partial charge on any atom is -0.462 e. The van der Waals surface area contributed by atoms with Crippen molar-refractivity contribution in [2.24, 2.45) is 0 Å². The van der Waals surface area contributed by atoms with Crippen molar-refractivity contribution in [1.29, 1.82) is 0 Å². The third-order valence-corrected chi connectivity index (χ3v) is 4.51. The molecule has 1 aromatic rings. The standard InChI is InChI=1S/C16H24N2O5S/c1-4-11-18(24(3,21)22)12-10-15(19)17-14-8-6-13(7-9-14)16(20)23-5-2/h6-9H,4-5,10-12H2,1-3H3,(H,17,19). The van der Waals surface area contributed by atoms with Gasteiger partial charge in [-0.25, -0.2) is 17.5 Å². The fourth-order valence-corrected chi connectivity index (χ4v) is 2.98. The second-order valence-electron chi connectivity index (χ2n) is 5.26. The van der Waals surface area contributed by atoms with Crippen molar-refractivity contribution in [1.82, 2.24) is 4.31 Å². The van der Waals surface area contributed by atoms with Gasteiger partial charge in [0, 0.05) is 25.2 Å². The molecule has 0 aromatic heterocycles. The van der Waals surface area contributed by atoms with Crippen LogP contribution >= 0.6 is 0 Å². The van der Waals surface area contributed by atoms with E-state index in [0.29, 0.717) is 30.8 Å². The molecule has 1 amide bonds. The molecule has 0 spiro atoms. The van der Waals surface area contributed by atoms with Gasteiger partial charge in [-0.05, 0) is 37.6 Å². The predicted octanol–water partition coefficient (Wildman–Crippen LogP) is 1.86. The second-order valence-corrected chi connectivity index (χ2v) is 7.24. The van der Waals surface area contributed by atoms with Crippen LogP contribution in [0.5, 0.6) is 0 Å². The molecule has 0 heterocycles. The molecule has 0 atom stereocenters. The maximum atomic E-state index is 11.9. The number of nitrogens with zero attached hydrogens (tertiary/aromatic N) is 1. The molecule has 0 saturated carbocycles. The van der Waals surface area contributed by atoms with Gasteiger partial charge < -0.3 is 10.1 Å². The number of carbonyl (C=O) groups is 2. The first kappa shape index (κ1) is 20.1. The molecule has 8 heteroatoms. The van der Waals surface area contributed by atoms with Crippen LogP contribution in [0.3, 0.4) is 0 Å². The number of anilines is 1. The van der Waals surface area contributed by atoms with Crippen LogP contribution in [0.1, 0.15) is 37.0 Å². The van der Waals surface area contributed by atoms with Crippen LogP contribution in [-0.2, 0) is 19.6 Å². The maximum absolute atomic E-state index is 11.9. The maximum Gasteiger partial charge on any atom is 0.338 e. The van der Waals surface area contributed by atoms with Crippen LogP contribution < -0.4 is 5.32 Å². The average molecular weight is 356 g/mol. The van der Waals surface area contributed by atoms with E-state index < -0.39 is 16.0 Å². The van der Waals surface area contributed by atoms with Crippen molar-refractivity contribution in [3.05, 3.63) is 29.8 Å². The van der Waals surface area contributed by atoms with Crippen LogP contribution in [0.2, 0.25) is 0 Å². The topological polar surface area (TPSA) is 92.8 Å². The van der Waals surface area contributed by atoms with Gasteiger partial charge in [-0.15, -0.1) is 0 Å². The third-order valence-electron chi connectivity index (χ3n) is 3.21. The summed E-state index contributed by atoms with van der Waals surface area (Å²) in [7, 11) is -3.31. The van der Waals surface area contributed by atoms with Crippen molar-refractivity contribution in [2.45, 2.75) is 26.7 Å². The zero-order valence-electron chi connectivity index (χ0n) is 14.2. The lowest BCUT2D eigenvalue weighted by Gasteiger charge is -2.18. The van der Waals surface area contributed by atoms with Gasteiger partial charge in [-0.3, -0.25) is 4.79 Å². The van der Waals surface area contributed by atoms with Gasteiger partial charge in [0.2, 0.25) is 15.9 Å². The molecular weight excluding hydrogens is 332 g/mol. The van der Waals surface area contributed by atoms with Crippen molar-refractivity contribution in [3.63, 3.8) is 0 Å². The molecule has 0 aliphatic rings. The van der Waals surface area contributed by atoms with Crippen LogP contribution in [0, 0.1) is 0 Å². The zero-order chi connectivity index (χ0) is 18.2. The van der Waals surface area contributed by atoms with E-state index in [0.717, 1.165) is 6.26 Å². The number of amides is 1. The molecule has 7 nitrogen and oxygen atoms in total. The Bertz CT molecular complexity index is 656. The van der Waals surface area contributed by atoms with E-state index in [4.69, 9.17) is 4.74 Å². The third kappa shape index (κ3) is 6.67. The van der Waals surface area contributed by atoms with Gasteiger partial charge >= 0.3 is 5.97 Å². The largest absolute Gasteiger partial charge is 0.462 e. The van der Waals surface area contributed by atoms with E-state index in [1.54, 1.807) is 31.2 Å². The quantitative estimate of drug-likeness (QED) is 0.682. The van der Waals surface area contributed by atoms with Crippen LogP contribution in [0.25, 0.3) is 0 Å². The summed E-state index contributed by atoms with van der Waals surface area (Å²) in [6, 6.07) is 6.33. The zero-order valence-corrected chi connectivity index (χ0v) is 15.1. The fourth-order valence-electron chi connectivity index (χ4n) is 2.05. The number of nitrogens with one attached hydrogen (secondary N) is 1. The van der Waals surface area contributed by atoms with E-state index in [1.807, 2.05) is 6.92 Å². The van der Waals surface area contributed by atoms with Crippen molar-refractivity contribution >= 4 is 27.6 Å². The molecule has 134 valence electrons. The molecule has 1 rings (SSSR count). The Morgan fingerprint density at radius 3 is 2.25 bits per heavy atom. The molecule has 1 N–H and O–H groups in total. The molecule has 0 bridgehead atoms. The van der Waals surface area contributed by atoms with Crippen LogP contribution in [0.4, 0.5) is 5.69 Å². The summed E-state index contributed by atoms with van der Waals surface area (Å²) >= 11 is 0. The minimum absolute atomic E-state index is 0.0622. The molecule has 0 aliphatic heterocycles. The first-order chi connectivity index (χ1) is 11.3. The summed E-state index contributed by atoms with van der Waals surface area (Å²) in [5.74, 6) is -0.706.